The first-order valence-corrected chi connectivity index (χ1v) is 9.36. The molecule has 5 nitrogen and oxygen atoms in total. The summed E-state index contributed by atoms with van der Waals surface area (Å²) in [7, 11) is 1.99. The van der Waals surface area contributed by atoms with Crippen molar-refractivity contribution in [3.05, 3.63) is 0 Å². The van der Waals surface area contributed by atoms with Crippen molar-refractivity contribution in [1.29, 1.82) is 0 Å². The van der Waals surface area contributed by atoms with Crippen LogP contribution in [-0.4, -0.2) is 61.4 Å². The summed E-state index contributed by atoms with van der Waals surface area (Å²) in [6, 6.07) is 0. The molecule has 0 spiro atoms. The van der Waals surface area contributed by atoms with Gasteiger partial charge >= 0.3 is 0 Å². The van der Waals surface area contributed by atoms with E-state index in [4.69, 9.17) is 0 Å². The average Bonchev–Trinajstić information content (AvgIpc) is 2.60. The summed E-state index contributed by atoms with van der Waals surface area (Å²) in [5.41, 5.74) is 0. The van der Waals surface area contributed by atoms with E-state index in [1.165, 1.54) is 6.42 Å². The number of hydrogen-bond acceptors (Lipinski definition) is 3. The molecule has 0 aromatic heterocycles. The Bertz CT molecular complexity index is 392. The normalized spacial score (nSPS) is 23.1. The third-order valence-electron chi connectivity index (χ3n) is 5.32. The van der Waals surface area contributed by atoms with E-state index < -0.39 is 0 Å². The van der Waals surface area contributed by atoms with Gasteiger partial charge in [-0.2, -0.15) is 0 Å². The molecule has 2 saturated heterocycles. The predicted octanol–water partition coefficient (Wildman–Crippen LogP) is 1.87. The number of amides is 2. The van der Waals surface area contributed by atoms with Crippen LogP contribution in [0.1, 0.15) is 51.9 Å². The Kier molecular flexibility index (Phi) is 7.34. The molecule has 132 valence electrons. The van der Waals surface area contributed by atoms with Gasteiger partial charge in [0.05, 0.1) is 5.92 Å². The molecule has 1 atom stereocenters. The Hall–Kier alpha value is -1.10. The molecule has 2 fully saturated rings. The van der Waals surface area contributed by atoms with Crippen molar-refractivity contribution in [2.75, 3.05) is 39.8 Å². The van der Waals surface area contributed by atoms with Gasteiger partial charge in [0.15, 0.2) is 0 Å². The molecule has 0 aromatic rings. The number of piperidine rings is 2. The van der Waals surface area contributed by atoms with Crippen LogP contribution >= 0.6 is 0 Å². The monoisotopic (exact) mass is 323 g/mol. The quantitative estimate of drug-likeness (QED) is 0.812. The molecule has 0 bridgehead atoms. The number of hydrogen-bond donors (Lipinski definition) is 1. The first kappa shape index (κ1) is 18.2. The molecule has 0 aliphatic carbocycles. The number of carbonyl (C=O) groups is 2. The maximum atomic E-state index is 12.8. The Morgan fingerprint density at radius 2 is 1.83 bits per heavy atom. The van der Waals surface area contributed by atoms with Gasteiger partial charge in [-0.15, -0.1) is 0 Å². The Morgan fingerprint density at radius 3 is 2.48 bits per heavy atom. The highest BCUT2D eigenvalue weighted by molar-refractivity contribution is 5.81. The van der Waals surface area contributed by atoms with Crippen LogP contribution in [0, 0.1) is 11.8 Å². The van der Waals surface area contributed by atoms with Crippen LogP contribution in [0.2, 0.25) is 0 Å². The molecular formula is C18H33N3O2. The Balaban J connectivity index is 1.80. The second-order valence-electron chi connectivity index (χ2n) is 7.09. The van der Waals surface area contributed by atoms with Crippen molar-refractivity contribution in [1.82, 2.24) is 15.1 Å². The van der Waals surface area contributed by atoms with Crippen molar-refractivity contribution in [2.24, 2.45) is 11.8 Å². The van der Waals surface area contributed by atoms with Gasteiger partial charge in [0.25, 0.3) is 0 Å². The van der Waals surface area contributed by atoms with Crippen LogP contribution in [0.3, 0.4) is 0 Å². The minimum absolute atomic E-state index is 0.0263. The summed E-state index contributed by atoms with van der Waals surface area (Å²) in [5.74, 6) is 1.28. The summed E-state index contributed by atoms with van der Waals surface area (Å²) < 4.78 is 0. The maximum absolute atomic E-state index is 12.8. The fraction of sp³-hybridized carbons (Fsp3) is 0.889. The first-order chi connectivity index (χ1) is 11.2. The van der Waals surface area contributed by atoms with E-state index in [-0.39, 0.29) is 17.7 Å². The summed E-state index contributed by atoms with van der Waals surface area (Å²) in [5, 5.41) is 3.21. The predicted molar refractivity (Wildman–Crippen MR) is 92.1 cm³/mol. The Morgan fingerprint density at radius 1 is 1.09 bits per heavy atom. The standard InChI is InChI=1S/C18H33N3O2/c1-3-5-17(22)21-11-4-6-16(14-21)18(23)20-12-8-15(9-13-20)7-10-19-2/h15-16,19H,3-14H2,1-2H3. The number of rotatable bonds is 6. The summed E-state index contributed by atoms with van der Waals surface area (Å²) in [4.78, 5) is 28.8. The van der Waals surface area contributed by atoms with Gasteiger partial charge < -0.3 is 15.1 Å². The van der Waals surface area contributed by atoms with Gasteiger partial charge in [-0.3, -0.25) is 9.59 Å². The highest BCUT2D eigenvalue weighted by Crippen LogP contribution is 2.25. The molecule has 2 amide bonds. The SMILES string of the molecule is CCCC(=O)N1CCCC(C(=O)N2CCC(CCNC)CC2)C1. The van der Waals surface area contributed by atoms with Gasteiger partial charge in [0.1, 0.15) is 0 Å². The van der Waals surface area contributed by atoms with Crippen LogP contribution in [0.5, 0.6) is 0 Å². The van der Waals surface area contributed by atoms with E-state index in [1.807, 2.05) is 23.8 Å². The molecule has 2 rings (SSSR count). The van der Waals surface area contributed by atoms with Crippen LogP contribution in [0.25, 0.3) is 0 Å². The molecule has 0 radical (unpaired) electrons. The van der Waals surface area contributed by atoms with Gasteiger partial charge in [0.2, 0.25) is 11.8 Å². The minimum Gasteiger partial charge on any atom is -0.342 e. The zero-order chi connectivity index (χ0) is 16.7. The lowest BCUT2D eigenvalue weighted by atomic mass is 9.91. The van der Waals surface area contributed by atoms with E-state index in [1.54, 1.807) is 0 Å². The number of carbonyl (C=O) groups excluding carboxylic acids is 2. The second kappa shape index (κ2) is 9.26. The number of nitrogens with zero attached hydrogens (tertiary/aromatic N) is 2. The van der Waals surface area contributed by atoms with Crippen molar-refractivity contribution in [3.8, 4) is 0 Å². The molecular weight excluding hydrogens is 290 g/mol. The van der Waals surface area contributed by atoms with Crippen LogP contribution in [0.4, 0.5) is 0 Å². The highest BCUT2D eigenvalue weighted by Gasteiger charge is 2.32. The van der Waals surface area contributed by atoms with E-state index >= 15 is 0 Å². The van der Waals surface area contributed by atoms with Crippen molar-refractivity contribution in [2.45, 2.75) is 51.9 Å². The van der Waals surface area contributed by atoms with Gasteiger partial charge in [-0.1, -0.05) is 6.92 Å². The van der Waals surface area contributed by atoms with Gasteiger partial charge in [0, 0.05) is 32.6 Å². The van der Waals surface area contributed by atoms with E-state index in [0.717, 1.165) is 64.2 Å². The molecule has 2 aliphatic rings. The maximum Gasteiger partial charge on any atom is 0.227 e. The molecule has 23 heavy (non-hydrogen) atoms. The lowest BCUT2D eigenvalue weighted by Gasteiger charge is -2.38. The second-order valence-corrected chi connectivity index (χ2v) is 7.09. The molecule has 0 aromatic carbocycles. The number of likely N-dealkylation sites (tertiary alicyclic amines) is 2. The largest absolute Gasteiger partial charge is 0.342 e. The zero-order valence-electron chi connectivity index (χ0n) is 14.9. The third kappa shape index (κ3) is 5.20. The van der Waals surface area contributed by atoms with Crippen LogP contribution in [-0.2, 0) is 9.59 Å². The van der Waals surface area contributed by atoms with E-state index in [2.05, 4.69) is 5.32 Å². The molecule has 2 heterocycles. The summed E-state index contributed by atoms with van der Waals surface area (Å²) >= 11 is 0. The topological polar surface area (TPSA) is 52.7 Å². The van der Waals surface area contributed by atoms with Crippen molar-refractivity contribution >= 4 is 11.8 Å². The fourth-order valence-corrected chi connectivity index (χ4v) is 3.83. The molecule has 5 heteroatoms. The van der Waals surface area contributed by atoms with Crippen molar-refractivity contribution in [3.63, 3.8) is 0 Å². The third-order valence-corrected chi connectivity index (χ3v) is 5.32. The molecule has 0 saturated carbocycles. The average molecular weight is 323 g/mol. The fourth-order valence-electron chi connectivity index (χ4n) is 3.83. The van der Waals surface area contributed by atoms with E-state index in [0.29, 0.717) is 13.0 Å². The van der Waals surface area contributed by atoms with Crippen molar-refractivity contribution < 1.29 is 9.59 Å². The molecule has 1 unspecified atom stereocenters. The number of nitrogens with one attached hydrogen (secondary N) is 1. The van der Waals surface area contributed by atoms with Crippen LogP contribution < -0.4 is 5.32 Å². The van der Waals surface area contributed by atoms with Gasteiger partial charge in [-0.25, -0.2) is 0 Å². The summed E-state index contributed by atoms with van der Waals surface area (Å²) in [6.07, 6.45) is 6.85. The summed E-state index contributed by atoms with van der Waals surface area (Å²) in [6.45, 7) is 6.35. The molecule has 1 N–H and O–H groups in total. The Labute approximate surface area is 140 Å². The van der Waals surface area contributed by atoms with Crippen LogP contribution in [0.15, 0.2) is 0 Å². The smallest absolute Gasteiger partial charge is 0.227 e. The minimum atomic E-state index is 0.0263. The lowest BCUT2D eigenvalue weighted by molar-refractivity contribution is -0.142. The zero-order valence-corrected chi connectivity index (χ0v) is 14.9. The van der Waals surface area contributed by atoms with E-state index in [9.17, 15) is 9.59 Å². The first-order valence-electron chi connectivity index (χ1n) is 9.36. The van der Waals surface area contributed by atoms with Gasteiger partial charge in [-0.05, 0) is 58.0 Å². The molecule has 2 aliphatic heterocycles. The highest BCUT2D eigenvalue weighted by atomic mass is 16.2. The lowest BCUT2D eigenvalue weighted by Crippen LogP contribution is -2.48.